The minimum absolute atomic E-state index is 0.0393. The standard InChI is InChI=1S/C19H19NO5S/c1-13(15-4-3-5-16(12-15)20(23)24)25-19(22)11-10-18(21)14-6-8-17(26-2)9-7-14/h3-9,12-13H,10-11H2,1-2H3/t13-/m1/s1. The van der Waals surface area contributed by atoms with Gasteiger partial charge in [0.1, 0.15) is 6.10 Å². The Morgan fingerprint density at radius 2 is 1.85 bits per heavy atom. The lowest BCUT2D eigenvalue weighted by Gasteiger charge is -2.13. The molecule has 0 radical (unpaired) electrons. The van der Waals surface area contributed by atoms with Crippen LogP contribution < -0.4 is 0 Å². The number of non-ortho nitro benzene ring substituents is 1. The van der Waals surface area contributed by atoms with Crippen LogP contribution in [0, 0.1) is 10.1 Å². The molecule has 0 N–H and O–H groups in total. The van der Waals surface area contributed by atoms with Crippen molar-refractivity contribution in [2.75, 3.05) is 6.26 Å². The van der Waals surface area contributed by atoms with Crippen LogP contribution >= 0.6 is 11.8 Å². The smallest absolute Gasteiger partial charge is 0.306 e. The van der Waals surface area contributed by atoms with Crippen LogP contribution in [0.4, 0.5) is 5.69 Å². The topological polar surface area (TPSA) is 86.5 Å². The van der Waals surface area contributed by atoms with E-state index in [0.29, 0.717) is 11.1 Å². The zero-order valence-corrected chi connectivity index (χ0v) is 15.3. The normalized spacial score (nSPS) is 11.6. The lowest BCUT2D eigenvalue weighted by Crippen LogP contribution is -2.11. The van der Waals surface area contributed by atoms with Crippen molar-refractivity contribution in [1.82, 2.24) is 0 Å². The molecule has 0 saturated heterocycles. The Kier molecular flexibility index (Phi) is 6.91. The molecule has 7 heteroatoms. The Labute approximate surface area is 155 Å². The first kappa shape index (κ1) is 19.7. The maximum atomic E-state index is 12.1. The van der Waals surface area contributed by atoms with E-state index in [9.17, 15) is 19.7 Å². The number of rotatable bonds is 8. The van der Waals surface area contributed by atoms with Gasteiger partial charge in [0.15, 0.2) is 5.78 Å². The molecule has 2 aromatic rings. The van der Waals surface area contributed by atoms with Crippen LogP contribution in [0.2, 0.25) is 0 Å². The average molecular weight is 373 g/mol. The molecule has 0 aliphatic carbocycles. The molecule has 2 rings (SSSR count). The van der Waals surface area contributed by atoms with Crippen LogP contribution in [0.15, 0.2) is 53.4 Å². The van der Waals surface area contributed by atoms with E-state index in [-0.39, 0.29) is 24.3 Å². The summed E-state index contributed by atoms with van der Waals surface area (Å²) in [5.74, 6) is -0.643. The molecule has 0 aliphatic heterocycles. The van der Waals surface area contributed by atoms with Crippen molar-refractivity contribution in [2.24, 2.45) is 0 Å². The van der Waals surface area contributed by atoms with Gasteiger partial charge in [-0.2, -0.15) is 0 Å². The van der Waals surface area contributed by atoms with E-state index in [1.807, 2.05) is 18.4 Å². The van der Waals surface area contributed by atoms with Gasteiger partial charge in [0, 0.05) is 29.0 Å². The molecule has 0 aliphatic rings. The summed E-state index contributed by atoms with van der Waals surface area (Å²) >= 11 is 1.59. The second-order valence-corrected chi connectivity index (χ2v) is 6.52. The number of Topliss-reactive ketones (excluding diaryl/α,β-unsaturated/α-hetero) is 1. The number of nitro benzene ring substituents is 1. The highest BCUT2D eigenvalue weighted by Gasteiger charge is 2.16. The Hall–Kier alpha value is -2.67. The average Bonchev–Trinajstić information content (AvgIpc) is 2.66. The van der Waals surface area contributed by atoms with Crippen molar-refractivity contribution in [3.05, 3.63) is 69.8 Å². The van der Waals surface area contributed by atoms with Crippen LogP contribution in [0.1, 0.15) is 41.8 Å². The van der Waals surface area contributed by atoms with E-state index in [4.69, 9.17) is 4.74 Å². The monoisotopic (exact) mass is 373 g/mol. The summed E-state index contributed by atoms with van der Waals surface area (Å²) in [7, 11) is 0. The molecule has 0 spiro atoms. The van der Waals surface area contributed by atoms with Gasteiger partial charge in [-0.05, 0) is 30.9 Å². The predicted octanol–water partition coefficient (Wildman–Crippen LogP) is 4.58. The summed E-state index contributed by atoms with van der Waals surface area (Å²) in [5, 5.41) is 10.8. The predicted molar refractivity (Wildman–Crippen MR) is 99.4 cm³/mol. The molecule has 26 heavy (non-hydrogen) atoms. The number of esters is 1. The summed E-state index contributed by atoms with van der Waals surface area (Å²) in [4.78, 5) is 35.5. The number of thioether (sulfide) groups is 1. The number of ether oxygens (including phenoxy) is 1. The highest BCUT2D eigenvalue weighted by Crippen LogP contribution is 2.22. The molecule has 6 nitrogen and oxygen atoms in total. The number of ketones is 1. The van der Waals surface area contributed by atoms with Gasteiger partial charge < -0.3 is 4.74 Å². The van der Waals surface area contributed by atoms with Crippen LogP contribution in [-0.4, -0.2) is 22.9 Å². The van der Waals surface area contributed by atoms with Crippen molar-refractivity contribution >= 4 is 29.2 Å². The number of hydrogen-bond acceptors (Lipinski definition) is 6. The largest absolute Gasteiger partial charge is 0.458 e. The van der Waals surface area contributed by atoms with Crippen LogP contribution in [0.25, 0.3) is 0 Å². The molecule has 0 fully saturated rings. The number of nitro groups is 1. The van der Waals surface area contributed by atoms with Crippen molar-refractivity contribution < 1.29 is 19.2 Å². The molecular weight excluding hydrogens is 354 g/mol. The van der Waals surface area contributed by atoms with Gasteiger partial charge in [0.25, 0.3) is 5.69 Å². The third-order valence-corrected chi connectivity index (χ3v) is 4.57. The molecular formula is C19H19NO5S. The van der Waals surface area contributed by atoms with Crippen molar-refractivity contribution in [3.63, 3.8) is 0 Å². The molecule has 0 unspecified atom stereocenters. The molecule has 0 saturated carbocycles. The summed E-state index contributed by atoms with van der Waals surface area (Å²) in [6.07, 6.45) is 1.34. The Bertz CT molecular complexity index is 804. The highest BCUT2D eigenvalue weighted by molar-refractivity contribution is 7.98. The minimum Gasteiger partial charge on any atom is -0.458 e. The fourth-order valence-corrected chi connectivity index (χ4v) is 2.76. The summed E-state index contributed by atoms with van der Waals surface area (Å²) < 4.78 is 5.28. The highest BCUT2D eigenvalue weighted by atomic mass is 32.2. The van der Waals surface area contributed by atoms with Gasteiger partial charge in [0.05, 0.1) is 11.3 Å². The van der Waals surface area contributed by atoms with E-state index in [1.165, 1.54) is 12.1 Å². The van der Waals surface area contributed by atoms with Crippen LogP contribution in [-0.2, 0) is 9.53 Å². The first-order chi connectivity index (χ1) is 12.4. The molecule has 0 bridgehead atoms. The number of nitrogens with zero attached hydrogens (tertiary/aromatic N) is 1. The SMILES string of the molecule is CSc1ccc(C(=O)CCC(=O)O[C@H](C)c2cccc([N+](=O)[O-])c2)cc1. The first-order valence-corrected chi connectivity index (χ1v) is 9.24. The number of benzene rings is 2. The molecule has 136 valence electrons. The van der Waals surface area contributed by atoms with Gasteiger partial charge in [0.2, 0.25) is 0 Å². The number of carbonyl (C=O) groups is 2. The summed E-state index contributed by atoms with van der Waals surface area (Å²) in [5.41, 5.74) is 1.03. The van der Waals surface area contributed by atoms with E-state index in [0.717, 1.165) is 4.90 Å². The fourth-order valence-electron chi connectivity index (χ4n) is 2.35. The zero-order chi connectivity index (χ0) is 19.1. The maximum Gasteiger partial charge on any atom is 0.306 e. The Morgan fingerprint density at radius 3 is 2.46 bits per heavy atom. The van der Waals surface area contributed by atoms with Gasteiger partial charge in [-0.15, -0.1) is 11.8 Å². The molecule has 0 aromatic heterocycles. The van der Waals surface area contributed by atoms with E-state index < -0.39 is 17.0 Å². The van der Waals surface area contributed by atoms with Gasteiger partial charge in [-0.25, -0.2) is 0 Å². The minimum atomic E-state index is -0.627. The van der Waals surface area contributed by atoms with Crippen LogP contribution in [0.3, 0.4) is 0 Å². The zero-order valence-electron chi connectivity index (χ0n) is 14.5. The van der Waals surface area contributed by atoms with Crippen LogP contribution in [0.5, 0.6) is 0 Å². The van der Waals surface area contributed by atoms with E-state index in [1.54, 1.807) is 43.0 Å². The van der Waals surface area contributed by atoms with Gasteiger partial charge >= 0.3 is 5.97 Å². The molecule has 0 amide bonds. The molecule has 1 atom stereocenters. The lowest BCUT2D eigenvalue weighted by atomic mass is 10.1. The second-order valence-electron chi connectivity index (χ2n) is 5.64. The van der Waals surface area contributed by atoms with Gasteiger partial charge in [-0.3, -0.25) is 19.7 Å². The van der Waals surface area contributed by atoms with Crippen molar-refractivity contribution in [1.29, 1.82) is 0 Å². The molecule has 2 aromatic carbocycles. The third-order valence-electron chi connectivity index (χ3n) is 3.83. The third kappa shape index (κ3) is 5.42. The number of hydrogen-bond donors (Lipinski definition) is 0. The van der Waals surface area contributed by atoms with E-state index >= 15 is 0 Å². The second kappa shape index (κ2) is 9.15. The van der Waals surface area contributed by atoms with Crippen molar-refractivity contribution in [2.45, 2.75) is 30.8 Å². The number of carbonyl (C=O) groups excluding carboxylic acids is 2. The van der Waals surface area contributed by atoms with Crippen molar-refractivity contribution in [3.8, 4) is 0 Å². The quantitative estimate of drug-likeness (QED) is 0.221. The first-order valence-electron chi connectivity index (χ1n) is 8.02. The van der Waals surface area contributed by atoms with E-state index in [2.05, 4.69) is 0 Å². The lowest BCUT2D eigenvalue weighted by molar-refractivity contribution is -0.385. The molecule has 0 heterocycles. The maximum absolute atomic E-state index is 12.1. The summed E-state index contributed by atoms with van der Waals surface area (Å²) in [6, 6.07) is 13.1. The fraction of sp³-hybridized carbons (Fsp3) is 0.263. The van der Waals surface area contributed by atoms with Gasteiger partial charge in [-0.1, -0.05) is 24.3 Å². The summed E-state index contributed by atoms with van der Waals surface area (Å²) in [6.45, 7) is 1.64. The Balaban J connectivity index is 1.88. The Morgan fingerprint density at radius 1 is 1.15 bits per heavy atom.